The van der Waals surface area contributed by atoms with Crippen molar-refractivity contribution in [3.05, 3.63) is 101 Å². The molecule has 0 radical (unpaired) electrons. The molecule has 0 spiro atoms. The van der Waals surface area contributed by atoms with E-state index in [-0.39, 0.29) is 23.6 Å². The van der Waals surface area contributed by atoms with Crippen LogP contribution in [0.4, 0.5) is 5.69 Å². The SMILES string of the molecule is CC1CCN(C(=O)c2ccc(N3C(=O)[C@@H]4[C@@H](C3=O)C3c5ccccc5C4(Br)c4ccccc43)cc2)CC1. The Labute approximate surface area is 224 Å². The average Bonchev–Trinajstić information content (AvgIpc) is 3.20. The highest BCUT2D eigenvalue weighted by molar-refractivity contribution is 9.09. The maximum absolute atomic E-state index is 14.1. The standard InChI is InChI=1S/C31H27BrN2O3/c1-18-14-16-33(17-15-18)28(35)19-10-12-20(13-11-19)34-29(36)26-25-21-6-2-4-8-23(21)31(32,27(26)30(34)37)24-9-5-3-7-22(24)25/h2-13,18,25-27H,14-17H2,1H3/t25?,26-,27-,31?/m0/s1. The van der Waals surface area contributed by atoms with Gasteiger partial charge in [0.1, 0.15) is 0 Å². The van der Waals surface area contributed by atoms with Gasteiger partial charge in [0, 0.05) is 24.6 Å². The van der Waals surface area contributed by atoms with Crippen molar-refractivity contribution < 1.29 is 14.4 Å². The van der Waals surface area contributed by atoms with Crippen molar-refractivity contribution in [2.24, 2.45) is 17.8 Å². The lowest BCUT2D eigenvalue weighted by molar-refractivity contribution is -0.122. The number of imide groups is 1. The van der Waals surface area contributed by atoms with Crippen molar-refractivity contribution in [1.29, 1.82) is 0 Å². The van der Waals surface area contributed by atoms with Gasteiger partial charge in [-0.05, 0) is 65.3 Å². The molecule has 2 saturated heterocycles. The monoisotopic (exact) mass is 554 g/mol. The number of hydrogen-bond donors (Lipinski definition) is 0. The molecule has 5 nitrogen and oxygen atoms in total. The highest BCUT2D eigenvalue weighted by Gasteiger charge is 2.67. The van der Waals surface area contributed by atoms with Crippen molar-refractivity contribution in [3.63, 3.8) is 0 Å². The fourth-order valence-corrected chi connectivity index (χ4v) is 8.28. The summed E-state index contributed by atoms with van der Waals surface area (Å²) in [7, 11) is 0. The molecule has 0 saturated carbocycles. The topological polar surface area (TPSA) is 57.7 Å². The highest BCUT2D eigenvalue weighted by Crippen LogP contribution is 2.66. The third-order valence-corrected chi connectivity index (χ3v) is 10.3. The van der Waals surface area contributed by atoms with Crippen LogP contribution >= 0.6 is 15.9 Å². The summed E-state index contributed by atoms with van der Waals surface area (Å²) in [5.74, 6) is -0.885. The van der Waals surface area contributed by atoms with Gasteiger partial charge in [-0.25, -0.2) is 4.90 Å². The van der Waals surface area contributed by atoms with E-state index in [2.05, 4.69) is 47.1 Å². The minimum atomic E-state index is -0.762. The van der Waals surface area contributed by atoms with E-state index in [1.54, 1.807) is 24.3 Å². The lowest BCUT2D eigenvalue weighted by Crippen LogP contribution is -2.50. The fourth-order valence-electron chi connectivity index (χ4n) is 7.08. The Hall–Kier alpha value is -3.25. The third-order valence-electron chi connectivity index (χ3n) is 8.96. The highest BCUT2D eigenvalue weighted by atomic mass is 79.9. The second-order valence-corrected chi connectivity index (χ2v) is 12.2. The summed E-state index contributed by atoms with van der Waals surface area (Å²) < 4.78 is -0.762. The molecule has 5 aliphatic rings. The predicted octanol–water partition coefficient (Wildman–Crippen LogP) is 5.46. The quantitative estimate of drug-likeness (QED) is 0.312. The van der Waals surface area contributed by atoms with Gasteiger partial charge >= 0.3 is 0 Å². The average molecular weight is 555 g/mol. The number of rotatable bonds is 2. The van der Waals surface area contributed by atoms with E-state index in [4.69, 9.17) is 0 Å². The first-order valence-electron chi connectivity index (χ1n) is 13.1. The van der Waals surface area contributed by atoms with Gasteiger partial charge in [-0.1, -0.05) is 71.4 Å². The van der Waals surface area contributed by atoms with Crippen molar-refractivity contribution in [2.45, 2.75) is 30.0 Å². The number of hydrogen-bond acceptors (Lipinski definition) is 3. The number of anilines is 1. The maximum Gasteiger partial charge on any atom is 0.253 e. The van der Waals surface area contributed by atoms with Crippen molar-refractivity contribution in [3.8, 4) is 0 Å². The predicted molar refractivity (Wildman–Crippen MR) is 145 cm³/mol. The number of benzene rings is 3. The summed E-state index contributed by atoms with van der Waals surface area (Å²) in [6, 6.07) is 23.3. The number of carbonyl (C=O) groups is 3. The first-order chi connectivity index (χ1) is 17.9. The van der Waals surface area contributed by atoms with E-state index >= 15 is 0 Å². The number of amides is 3. The molecule has 3 aliphatic carbocycles. The Kier molecular flexibility index (Phi) is 5.03. The Morgan fingerprint density at radius 1 is 0.838 bits per heavy atom. The van der Waals surface area contributed by atoms with E-state index < -0.39 is 16.2 Å². The van der Waals surface area contributed by atoms with Crippen molar-refractivity contribution in [2.75, 3.05) is 18.0 Å². The van der Waals surface area contributed by atoms with Crippen LogP contribution in [-0.2, 0) is 13.9 Å². The number of alkyl halides is 1. The zero-order valence-corrected chi connectivity index (χ0v) is 22.1. The van der Waals surface area contributed by atoms with E-state index in [1.807, 2.05) is 29.2 Å². The molecular weight excluding hydrogens is 528 g/mol. The van der Waals surface area contributed by atoms with Gasteiger partial charge in [-0.15, -0.1) is 0 Å². The molecule has 0 aromatic heterocycles. The van der Waals surface area contributed by atoms with Gasteiger partial charge in [-0.3, -0.25) is 14.4 Å². The van der Waals surface area contributed by atoms with E-state index in [0.29, 0.717) is 17.2 Å². The summed E-state index contributed by atoms with van der Waals surface area (Å²) in [5.41, 5.74) is 5.47. The number of likely N-dealkylation sites (tertiary alicyclic amines) is 1. The number of halogens is 1. The van der Waals surface area contributed by atoms with Gasteiger partial charge in [0.15, 0.2) is 0 Å². The lowest BCUT2D eigenvalue weighted by atomic mass is 9.55. The minimum absolute atomic E-state index is 0.00884. The van der Waals surface area contributed by atoms with Crippen LogP contribution in [0.25, 0.3) is 0 Å². The molecular formula is C31H27BrN2O3. The molecule has 2 bridgehead atoms. The normalized spacial score (nSPS) is 28.2. The molecule has 0 unspecified atom stereocenters. The Bertz CT molecular complexity index is 1410. The lowest BCUT2D eigenvalue weighted by Gasteiger charge is -2.51. The zero-order chi connectivity index (χ0) is 25.5. The van der Waals surface area contributed by atoms with Crippen LogP contribution < -0.4 is 4.90 Å². The summed E-state index contributed by atoms with van der Waals surface area (Å²) in [6.07, 6.45) is 2.03. The molecule has 3 aromatic carbocycles. The molecule has 2 atom stereocenters. The first kappa shape index (κ1) is 22.9. The number of piperidine rings is 1. The van der Waals surface area contributed by atoms with E-state index in [9.17, 15) is 14.4 Å². The second kappa shape index (κ2) is 8.12. The molecule has 0 N–H and O–H groups in total. The van der Waals surface area contributed by atoms with E-state index in [0.717, 1.165) is 48.2 Å². The van der Waals surface area contributed by atoms with Crippen LogP contribution in [0.15, 0.2) is 72.8 Å². The third kappa shape index (κ3) is 3.05. The van der Waals surface area contributed by atoms with Gasteiger partial charge < -0.3 is 4.90 Å². The largest absolute Gasteiger partial charge is 0.339 e. The van der Waals surface area contributed by atoms with Gasteiger partial charge in [-0.2, -0.15) is 0 Å². The summed E-state index contributed by atoms with van der Waals surface area (Å²) >= 11 is 4.03. The smallest absolute Gasteiger partial charge is 0.253 e. The molecule has 8 rings (SSSR count). The van der Waals surface area contributed by atoms with E-state index in [1.165, 1.54) is 4.90 Å². The van der Waals surface area contributed by atoms with Crippen LogP contribution in [0, 0.1) is 17.8 Å². The number of nitrogens with zero attached hydrogens (tertiary/aromatic N) is 2. The van der Waals surface area contributed by atoms with Crippen molar-refractivity contribution in [1.82, 2.24) is 4.90 Å². The van der Waals surface area contributed by atoms with Gasteiger partial charge in [0.2, 0.25) is 11.8 Å². The zero-order valence-electron chi connectivity index (χ0n) is 20.6. The number of carbonyl (C=O) groups excluding carboxylic acids is 3. The second-order valence-electron chi connectivity index (χ2n) is 10.9. The van der Waals surface area contributed by atoms with Gasteiger partial charge in [0.25, 0.3) is 5.91 Å². The van der Waals surface area contributed by atoms with Crippen LogP contribution in [0.2, 0.25) is 0 Å². The molecule has 2 aliphatic heterocycles. The summed E-state index contributed by atoms with van der Waals surface area (Å²) in [4.78, 5) is 44.4. The Morgan fingerprint density at radius 2 is 1.41 bits per heavy atom. The van der Waals surface area contributed by atoms with Crippen molar-refractivity contribution >= 4 is 39.3 Å². The molecule has 3 aromatic rings. The molecule has 2 heterocycles. The van der Waals surface area contributed by atoms with Gasteiger partial charge in [0.05, 0.1) is 21.8 Å². The molecule has 186 valence electrons. The fraction of sp³-hybridized carbons (Fsp3) is 0.323. The first-order valence-corrected chi connectivity index (χ1v) is 13.9. The molecule has 37 heavy (non-hydrogen) atoms. The van der Waals surface area contributed by atoms with Crippen LogP contribution in [-0.4, -0.2) is 35.7 Å². The minimum Gasteiger partial charge on any atom is -0.339 e. The Morgan fingerprint density at radius 3 is 2.00 bits per heavy atom. The van der Waals surface area contributed by atoms with Crippen LogP contribution in [0.3, 0.4) is 0 Å². The molecule has 2 fully saturated rings. The van der Waals surface area contributed by atoms with Crippen LogP contribution in [0.5, 0.6) is 0 Å². The molecule has 3 amide bonds. The summed E-state index contributed by atoms with van der Waals surface area (Å²) in [6.45, 7) is 3.76. The molecule has 6 heteroatoms. The summed E-state index contributed by atoms with van der Waals surface area (Å²) in [5, 5.41) is 0. The maximum atomic E-state index is 14.1. The van der Waals surface area contributed by atoms with Crippen LogP contribution in [0.1, 0.15) is 58.3 Å². The Balaban J connectivity index is 1.26.